The second kappa shape index (κ2) is 11.3. The lowest BCUT2D eigenvalue weighted by molar-refractivity contribution is -0.142. The van der Waals surface area contributed by atoms with Crippen LogP contribution in [0.1, 0.15) is 31.9 Å². The predicted molar refractivity (Wildman–Crippen MR) is 96.4 cm³/mol. The smallest absolute Gasteiger partial charge is 0.326 e. The summed E-state index contributed by atoms with van der Waals surface area (Å²) in [5.74, 6) is -2.69. The van der Waals surface area contributed by atoms with Gasteiger partial charge in [-0.2, -0.15) is 0 Å². The number of aliphatic hydroxyl groups excluding tert-OH is 1. The molecule has 27 heavy (non-hydrogen) atoms. The minimum Gasteiger partial charge on any atom is -0.480 e. The van der Waals surface area contributed by atoms with E-state index in [0.29, 0.717) is 25.1 Å². The average molecular weight is 384 g/mol. The quantitative estimate of drug-likeness (QED) is 0.198. The lowest BCUT2D eigenvalue weighted by atomic mass is 10.1. The van der Waals surface area contributed by atoms with E-state index in [9.17, 15) is 24.6 Å². The topological polar surface area (TPSA) is 196 Å². The predicted octanol–water partition coefficient (Wildman–Crippen LogP) is -2.16. The molecular weight excluding hydrogens is 356 g/mol. The molecule has 0 saturated carbocycles. The van der Waals surface area contributed by atoms with Crippen LogP contribution in [-0.4, -0.2) is 68.7 Å². The van der Waals surface area contributed by atoms with Crippen molar-refractivity contribution < 1.29 is 24.6 Å². The number of imidazole rings is 1. The Bertz CT molecular complexity index is 606. The van der Waals surface area contributed by atoms with Gasteiger partial charge in [-0.15, -0.1) is 0 Å². The fraction of sp³-hybridized carbons (Fsp3) is 0.625. The number of aliphatic carboxylic acids is 1. The van der Waals surface area contributed by atoms with Gasteiger partial charge in [0.2, 0.25) is 11.8 Å². The van der Waals surface area contributed by atoms with Crippen LogP contribution in [0.2, 0.25) is 0 Å². The number of hydrogen-bond donors (Lipinski definition) is 7. The maximum atomic E-state index is 12.4. The fourth-order valence-corrected chi connectivity index (χ4v) is 2.38. The van der Waals surface area contributed by atoms with Crippen LogP contribution >= 0.6 is 0 Å². The van der Waals surface area contributed by atoms with Crippen molar-refractivity contribution in [1.82, 2.24) is 20.6 Å². The van der Waals surface area contributed by atoms with E-state index in [4.69, 9.17) is 11.5 Å². The standard InChI is InChI=1S/C16H28N6O5/c1-9(23)13(22-14(24)11(18)4-2-3-5-17)15(25)21-12(16(26)27)6-10-7-19-8-20-10/h7-9,11-13,23H,2-6,17-18H2,1H3,(H,19,20)(H,21,25)(H,22,24)(H,26,27)/t9-,11+,12+,13+/m1/s1. The molecule has 0 spiro atoms. The Balaban J connectivity index is 2.70. The summed E-state index contributed by atoms with van der Waals surface area (Å²) in [5, 5.41) is 23.8. The second-order valence-corrected chi connectivity index (χ2v) is 6.28. The number of nitrogens with zero attached hydrogens (tertiary/aromatic N) is 1. The zero-order valence-corrected chi connectivity index (χ0v) is 15.2. The van der Waals surface area contributed by atoms with Gasteiger partial charge < -0.3 is 37.3 Å². The van der Waals surface area contributed by atoms with Crippen molar-refractivity contribution in [3.05, 3.63) is 18.2 Å². The molecule has 1 rings (SSSR count). The third kappa shape index (κ3) is 7.72. The van der Waals surface area contributed by atoms with Gasteiger partial charge in [0, 0.05) is 12.6 Å². The molecule has 0 fully saturated rings. The maximum Gasteiger partial charge on any atom is 0.326 e. The van der Waals surface area contributed by atoms with Crippen LogP contribution in [0.4, 0.5) is 0 Å². The molecule has 0 saturated heterocycles. The Hall–Kier alpha value is -2.50. The van der Waals surface area contributed by atoms with Crippen LogP contribution in [0.3, 0.4) is 0 Å². The first-order chi connectivity index (χ1) is 12.8. The van der Waals surface area contributed by atoms with Crippen LogP contribution in [0.15, 0.2) is 12.5 Å². The minimum absolute atomic E-state index is 0.0519. The van der Waals surface area contributed by atoms with Crippen LogP contribution in [0.5, 0.6) is 0 Å². The van der Waals surface area contributed by atoms with Gasteiger partial charge >= 0.3 is 5.97 Å². The van der Waals surface area contributed by atoms with Crippen molar-refractivity contribution in [3.8, 4) is 0 Å². The molecule has 0 unspecified atom stereocenters. The van der Waals surface area contributed by atoms with Crippen molar-refractivity contribution in [2.45, 2.75) is 56.8 Å². The molecule has 0 aliphatic carbocycles. The summed E-state index contributed by atoms with van der Waals surface area (Å²) in [6.07, 6.45) is 3.36. The van der Waals surface area contributed by atoms with Gasteiger partial charge in [0.25, 0.3) is 0 Å². The third-order valence-corrected chi connectivity index (χ3v) is 3.95. The van der Waals surface area contributed by atoms with E-state index < -0.39 is 42.0 Å². The highest BCUT2D eigenvalue weighted by Crippen LogP contribution is 2.03. The molecule has 0 bridgehead atoms. The van der Waals surface area contributed by atoms with Gasteiger partial charge in [-0.25, -0.2) is 9.78 Å². The monoisotopic (exact) mass is 384 g/mol. The molecule has 1 aromatic rings. The second-order valence-electron chi connectivity index (χ2n) is 6.28. The van der Waals surface area contributed by atoms with Gasteiger partial charge in [-0.05, 0) is 26.3 Å². The van der Waals surface area contributed by atoms with E-state index in [-0.39, 0.29) is 6.42 Å². The molecule has 0 radical (unpaired) electrons. The number of carboxylic acid groups (broad SMARTS) is 1. The summed E-state index contributed by atoms with van der Waals surface area (Å²) in [5.41, 5.74) is 11.6. The van der Waals surface area contributed by atoms with E-state index in [0.717, 1.165) is 6.42 Å². The number of unbranched alkanes of at least 4 members (excludes halogenated alkanes) is 1. The van der Waals surface area contributed by atoms with E-state index in [1.807, 2.05) is 0 Å². The van der Waals surface area contributed by atoms with Gasteiger partial charge in [0.1, 0.15) is 12.1 Å². The number of amides is 2. The molecule has 4 atom stereocenters. The van der Waals surface area contributed by atoms with Crippen LogP contribution in [-0.2, 0) is 20.8 Å². The molecule has 11 nitrogen and oxygen atoms in total. The fourth-order valence-electron chi connectivity index (χ4n) is 2.38. The van der Waals surface area contributed by atoms with Crippen LogP contribution in [0.25, 0.3) is 0 Å². The number of rotatable bonds is 12. The highest BCUT2D eigenvalue weighted by molar-refractivity contribution is 5.92. The number of aliphatic hydroxyl groups is 1. The number of hydrogen-bond acceptors (Lipinski definition) is 7. The number of carboxylic acids is 1. The number of aromatic amines is 1. The van der Waals surface area contributed by atoms with Crippen molar-refractivity contribution in [1.29, 1.82) is 0 Å². The number of aromatic nitrogens is 2. The lowest BCUT2D eigenvalue weighted by Crippen LogP contribution is -2.58. The molecule has 1 aromatic heterocycles. The first-order valence-electron chi connectivity index (χ1n) is 8.71. The summed E-state index contributed by atoms with van der Waals surface area (Å²) in [6.45, 7) is 1.80. The Morgan fingerprint density at radius 2 is 1.96 bits per heavy atom. The number of H-pyrrole nitrogens is 1. The summed E-state index contributed by atoms with van der Waals surface area (Å²) >= 11 is 0. The van der Waals surface area contributed by atoms with Crippen LogP contribution < -0.4 is 22.1 Å². The summed E-state index contributed by atoms with van der Waals surface area (Å²) in [4.78, 5) is 42.6. The van der Waals surface area contributed by atoms with Crippen molar-refractivity contribution in [3.63, 3.8) is 0 Å². The third-order valence-electron chi connectivity index (χ3n) is 3.95. The number of carbonyl (C=O) groups excluding carboxylic acids is 2. The number of nitrogens with one attached hydrogen (secondary N) is 3. The van der Waals surface area contributed by atoms with Crippen molar-refractivity contribution in [2.24, 2.45) is 11.5 Å². The SMILES string of the molecule is C[C@@H](O)[C@H](NC(=O)[C@@H](N)CCCCN)C(=O)N[C@@H](Cc1c[nH]cn1)C(=O)O. The summed E-state index contributed by atoms with van der Waals surface area (Å²) in [7, 11) is 0. The molecule has 1 heterocycles. The summed E-state index contributed by atoms with van der Waals surface area (Å²) in [6, 6.07) is -3.46. The molecule has 9 N–H and O–H groups in total. The lowest BCUT2D eigenvalue weighted by Gasteiger charge is -2.24. The summed E-state index contributed by atoms with van der Waals surface area (Å²) < 4.78 is 0. The largest absolute Gasteiger partial charge is 0.480 e. The van der Waals surface area contributed by atoms with Gasteiger partial charge in [0.15, 0.2) is 0 Å². The number of carbonyl (C=O) groups is 3. The molecule has 0 aliphatic rings. The average Bonchev–Trinajstić information content (AvgIpc) is 3.11. The molecule has 0 aliphatic heterocycles. The molecular formula is C16H28N6O5. The van der Waals surface area contributed by atoms with E-state index in [1.165, 1.54) is 19.4 Å². The molecule has 11 heteroatoms. The highest BCUT2D eigenvalue weighted by atomic mass is 16.4. The Morgan fingerprint density at radius 1 is 1.26 bits per heavy atom. The van der Waals surface area contributed by atoms with Gasteiger partial charge in [-0.3, -0.25) is 9.59 Å². The number of nitrogens with two attached hydrogens (primary N) is 2. The zero-order valence-electron chi connectivity index (χ0n) is 15.2. The first kappa shape index (κ1) is 22.5. The molecule has 2 amide bonds. The van der Waals surface area contributed by atoms with E-state index in [1.54, 1.807) is 0 Å². The van der Waals surface area contributed by atoms with Crippen LogP contribution in [0, 0.1) is 0 Å². The van der Waals surface area contributed by atoms with Gasteiger partial charge in [0.05, 0.1) is 24.2 Å². The molecule has 152 valence electrons. The maximum absolute atomic E-state index is 12.4. The van der Waals surface area contributed by atoms with E-state index in [2.05, 4.69) is 20.6 Å². The van der Waals surface area contributed by atoms with Crippen molar-refractivity contribution >= 4 is 17.8 Å². The highest BCUT2D eigenvalue weighted by Gasteiger charge is 2.31. The normalized spacial score (nSPS) is 15.4. The Kier molecular flexibility index (Phi) is 9.40. The first-order valence-corrected chi connectivity index (χ1v) is 8.71. The zero-order chi connectivity index (χ0) is 20.4. The van der Waals surface area contributed by atoms with Gasteiger partial charge in [-0.1, -0.05) is 6.42 Å². The van der Waals surface area contributed by atoms with Crippen molar-refractivity contribution in [2.75, 3.05) is 6.54 Å². The Morgan fingerprint density at radius 3 is 2.48 bits per heavy atom. The van der Waals surface area contributed by atoms with E-state index >= 15 is 0 Å². The Labute approximate surface area is 156 Å². The minimum atomic E-state index is -1.33. The molecule has 0 aromatic carbocycles.